The summed E-state index contributed by atoms with van der Waals surface area (Å²) in [4.78, 5) is 0. The molecule has 1 heterocycles. The highest BCUT2D eigenvalue weighted by Gasteiger charge is 2.13. The smallest absolute Gasteiger partial charge is 0.0629 e. The van der Waals surface area contributed by atoms with E-state index in [-0.39, 0.29) is 0 Å². The highest BCUT2D eigenvalue weighted by atomic mass is 32.2. The van der Waals surface area contributed by atoms with E-state index in [4.69, 9.17) is 4.74 Å². The lowest BCUT2D eigenvalue weighted by atomic mass is 10.3. The van der Waals surface area contributed by atoms with Crippen molar-refractivity contribution in [2.45, 2.75) is 12.5 Å². The van der Waals surface area contributed by atoms with Crippen LogP contribution in [0, 0.1) is 0 Å². The van der Waals surface area contributed by atoms with Gasteiger partial charge in [0.15, 0.2) is 0 Å². The van der Waals surface area contributed by atoms with Gasteiger partial charge in [-0.05, 0) is 12.7 Å². The van der Waals surface area contributed by atoms with Crippen molar-refractivity contribution >= 4 is 11.9 Å². The SMILES string of the molecule is CSNC1CCOC1. The van der Waals surface area contributed by atoms with Gasteiger partial charge in [0, 0.05) is 12.6 Å². The second-order valence-electron chi connectivity index (χ2n) is 1.88. The van der Waals surface area contributed by atoms with E-state index < -0.39 is 0 Å². The standard InChI is InChI=1S/C5H11NOS/c1-8-6-5-2-3-7-4-5/h5-6H,2-4H2,1H3. The number of hydrogen-bond acceptors (Lipinski definition) is 3. The highest BCUT2D eigenvalue weighted by Crippen LogP contribution is 2.05. The molecule has 0 aromatic rings. The van der Waals surface area contributed by atoms with Crippen LogP contribution in [0.4, 0.5) is 0 Å². The molecule has 8 heavy (non-hydrogen) atoms. The molecule has 1 fully saturated rings. The number of rotatable bonds is 2. The third-order valence-electron chi connectivity index (χ3n) is 1.21. The van der Waals surface area contributed by atoms with Crippen molar-refractivity contribution in [1.29, 1.82) is 0 Å². The zero-order valence-electron chi connectivity index (χ0n) is 5.02. The fourth-order valence-electron chi connectivity index (χ4n) is 0.794. The summed E-state index contributed by atoms with van der Waals surface area (Å²) in [6.07, 6.45) is 3.21. The first-order valence-electron chi connectivity index (χ1n) is 2.79. The Hall–Kier alpha value is 0.270. The van der Waals surface area contributed by atoms with Crippen LogP contribution in [0.1, 0.15) is 6.42 Å². The van der Waals surface area contributed by atoms with E-state index in [1.807, 2.05) is 6.26 Å². The molecule has 0 amide bonds. The Morgan fingerprint density at radius 2 is 2.62 bits per heavy atom. The minimum atomic E-state index is 0.602. The molecule has 48 valence electrons. The minimum Gasteiger partial charge on any atom is -0.380 e. The molecule has 0 aromatic carbocycles. The molecule has 3 heteroatoms. The van der Waals surface area contributed by atoms with E-state index in [9.17, 15) is 0 Å². The second-order valence-corrected chi connectivity index (χ2v) is 2.53. The van der Waals surface area contributed by atoms with E-state index in [0.717, 1.165) is 13.2 Å². The molecule has 0 spiro atoms. The molecule has 1 atom stereocenters. The molecule has 0 aromatic heterocycles. The van der Waals surface area contributed by atoms with Gasteiger partial charge in [0.05, 0.1) is 6.61 Å². The van der Waals surface area contributed by atoms with Crippen molar-refractivity contribution in [3.8, 4) is 0 Å². The first-order chi connectivity index (χ1) is 3.93. The van der Waals surface area contributed by atoms with Crippen molar-refractivity contribution in [1.82, 2.24) is 4.72 Å². The predicted octanol–water partition coefficient (Wildman–Crippen LogP) is 0.643. The van der Waals surface area contributed by atoms with Crippen LogP contribution in [0.15, 0.2) is 0 Å². The van der Waals surface area contributed by atoms with Crippen molar-refractivity contribution in [2.24, 2.45) is 0 Å². The van der Waals surface area contributed by atoms with E-state index in [2.05, 4.69) is 4.72 Å². The number of ether oxygens (including phenoxy) is 1. The Bertz CT molecular complexity index is 63.4. The van der Waals surface area contributed by atoms with Crippen LogP contribution in [-0.4, -0.2) is 25.5 Å². The van der Waals surface area contributed by atoms with Crippen molar-refractivity contribution in [3.05, 3.63) is 0 Å². The highest BCUT2D eigenvalue weighted by molar-refractivity contribution is 7.96. The Morgan fingerprint density at radius 1 is 1.75 bits per heavy atom. The normalized spacial score (nSPS) is 28.9. The first-order valence-corrected chi connectivity index (χ1v) is 4.02. The Kier molecular flexibility index (Phi) is 2.66. The first kappa shape index (κ1) is 6.39. The summed E-state index contributed by atoms with van der Waals surface area (Å²) in [7, 11) is 0. The Morgan fingerprint density at radius 3 is 3.12 bits per heavy atom. The van der Waals surface area contributed by atoms with E-state index in [1.165, 1.54) is 6.42 Å². The monoisotopic (exact) mass is 133 g/mol. The molecular formula is C5H11NOS. The van der Waals surface area contributed by atoms with Gasteiger partial charge in [0.1, 0.15) is 0 Å². The van der Waals surface area contributed by atoms with E-state index in [1.54, 1.807) is 11.9 Å². The topological polar surface area (TPSA) is 21.3 Å². The molecule has 0 bridgehead atoms. The summed E-state index contributed by atoms with van der Waals surface area (Å²) in [5.41, 5.74) is 0. The van der Waals surface area contributed by atoms with Gasteiger partial charge in [-0.2, -0.15) is 0 Å². The van der Waals surface area contributed by atoms with Crippen molar-refractivity contribution in [2.75, 3.05) is 19.5 Å². The van der Waals surface area contributed by atoms with Crippen LogP contribution in [0.5, 0.6) is 0 Å². The van der Waals surface area contributed by atoms with Gasteiger partial charge in [0.25, 0.3) is 0 Å². The maximum absolute atomic E-state index is 5.13. The molecule has 0 radical (unpaired) electrons. The largest absolute Gasteiger partial charge is 0.380 e. The molecule has 1 rings (SSSR count). The number of nitrogens with one attached hydrogen (secondary N) is 1. The summed E-state index contributed by atoms with van der Waals surface area (Å²) in [6.45, 7) is 1.82. The Balaban J connectivity index is 2.06. The summed E-state index contributed by atoms with van der Waals surface area (Å²) in [5.74, 6) is 0. The summed E-state index contributed by atoms with van der Waals surface area (Å²) >= 11 is 1.67. The molecular weight excluding hydrogens is 122 g/mol. The van der Waals surface area contributed by atoms with Crippen LogP contribution in [-0.2, 0) is 4.74 Å². The molecule has 0 aliphatic carbocycles. The average Bonchev–Trinajstić information content (AvgIpc) is 2.19. The lowest BCUT2D eigenvalue weighted by molar-refractivity contribution is 0.193. The fraction of sp³-hybridized carbons (Fsp3) is 1.00. The summed E-state index contributed by atoms with van der Waals surface area (Å²) in [5, 5.41) is 0. The fourth-order valence-corrected chi connectivity index (χ4v) is 1.31. The molecule has 1 aliphatic rings. The quantitative estimate of drug-likeness (QED) is 0.559. The van der Waals surface area contributed by atoms with Crippen molar-refractivity contribution in [3.63, 3.8) is 0 Å². The predicted molar refractivity (Wildman–Crippen MR) is 35.9 cm³/mol. The second kappa shape index (κ2) is 3.33. The average molecular weight is 133 g/mol. The van der Waals surface area contributed by atoms with Crippen LogP contribution in [0.3, 0.4) is 0 Å². The van der Waals surface area contributed by atoms with Gasteiger partial charge in [-0.3, -0.25) is 4.72 Å². The van der Waals surface area contributed by atoms with Crippen LogP contribution in [0.25, 0.3) is 0 Å². The van der Waals surface area contributed by atoms with Gasteiger partial charge in [-0.25, -0.2) is 0 Å². The lowest BCUT2D eigenvalue weighted by Crippen LogP contribution is -2.21. The molecule has 1 N–H and O–H groups in total. The molecule has 2 nitrogen and oxygen atoms in total. The van der Waals surface area contributed by atoms with Gasteiger partial charge in [-0.15, -0.1) is 0 Å². The van der Waals surface area contributed by atoms with E-state index >= 15 is 0 Å². The van der Waals surface area contributed by atoms with Gasteiger partial charge >= 0.3 is 0 Å². The summed E-state index contributed by atoms with van der Waals surface area (Å²) in [6, 6.07) is 0.602. The van der Waals surface area contributed by atoms with Gasteiger partial charge < -0.3 is 4.74 Å². The maximum Gasteiger partial charge on any atom is 0.0629 e. The molecule has 1 aliphatic heterocycles. The van der Waals surface area contributed by atoms with E-state index in [0.29, 0.717) is 6.04 Å². The molecule has 1 unspecified atom stereocenters. The van der Waals surface area contributed by atoms with Crippen LogP contribution >= 0.6 is 11.9 Å². The van der Waals surface area contributed by atoms with Crippen molar-refractivity contribution < 1.29 is 4.74 Å². The van der Waals surface area contributed by atoms with Crippen LogP contribution < -0.4 is 4.72 Å². The lowest BCUT2D eigenvalue weighted by Gasteiger charge is -2.04. The Labute approximate surface area is 54.1 Å². The van der Waals surface area contributed by atoms with Gasteiger partial charge in [-0.1, -0.05) is 11.9 Å². The van der Waals surface area contributed by atoms with Crippen LogP contribution in [0.2, 0.25) is 0 Å². The third kappa shape index (κ3) is 1.65. The molecule has 0 saturated carbocycles. The summed E-state index contributed by atoms with van der Waals surface area (Å²) < 4.78 is 8.37. The maximum atomic E-state index is 5.13. The van der Waals surface area contributed by atoms with Gasteiger partial charge in [0.2, 0.25) is 0 Å². The molecule has 1 saturated heterocycles. The zero-order chi connectivity index (χ0) is 5.82. The minimum absolute atomic E-state index is 0.602. The number of hydrogen-bond donors (Lipinski definition) is 1. The zero-order valence-corrected chi connectivity index (χ0v) is 5.83. The third-order valence-corrected chi connectivity index (χ3v) is 1.78.